The van der Waals surface area contributed by atoms with E-state index in [0.29, 0.717) is 0 Å². The normalized spacial score (nSPS) is 9.44. The largest absolute Gasteiger partial charge is 0.508 e. The average Bonchev–Trinajstić information content (AvgIpc) is 2.32. The van der Waals surface area contributed by atoms with Crippen LogP contribution in [-0.2, 0) is 0 Å². The molecule has 0 unspecified atom stereocenters. The molecule has 0 saturated carbocycles. The number of nitrogens with one attached hydrogen (secondary N) is 1. The first-order chi connectivity index (χ1) is 7.78. The first-order valence-corrected chi connectivity index (χ1v) is 4.91. The van der Waals surface area contributed by atoms with Gasteiger partial charge in [0.05, 0.1) is 0 Å². The lowest BCUT2D eigenvalue weighted by molar-refractivity contribution is 0.475. The van der Waals surface area contributed by atoms with Crippen LogP contribution in [0.3, 0.4) is 0 Å². The zero-order valence-electron chi connectivity index (χ0n) is 8.64. The Morgan fingerprint density at radius 2 is 1.75 bits per heavy atom. The lowest BCUT2D eigenvalue weighted by atomic mass is 10.2. The summed E-state index contributed by atoms with van der Waals surface area (Å²) >= 11 is 0. The molecule has 0 amide bonds. The number of hydrogen-bond acceptors (Lipinski definition) is 2. The summed E-state index contributed by atoms with van der Waals surface area (Å²) in [5.41, 5.74) is 2.68. The Labute approximate surface area is 94.6 Å². The molecule has 0 heterocycles. The Balaban J connectivity index is 2.21. The zero-order chi connectivity index (χ0) is 11.4. The van der Waals surface area contributed by atoms with Gasteiger partial charge in [-0.3, -0.25) is 0 Å². The van der Waals surface area contributed by atoms with Gasteiger partial charge in [-0.05, 0) is 42.5 Å². The number of benzene rings is 2. The fourth-order valence-corrected chi connectivity index (χ4v) is 1.40. The lowest BCUT2D eigenvalue weighted by Crippen LogP contribution is -1.89. The third kappa shape index (κ3) is 2.34. The van der Waals surface area contributed by atoms with Crippen molar-refractivity contribution in [1.82, 2.24) is 0 Å². The summed E-state index contributed by atoms with van der Waals surface area (Å²) < 4.78 is 0. The molecule has 0 spiro atoms. The van der Waals surface area contributed by atoms with E-state index in [1.54, 1.807) is 24.3 Å². The first-order valence-electron chi connectivity index (χ1n) is 4.91. The Kier molecular flexibility index (Phi) is 2.79. The Hall–Kier alpha value is -2.40. The van der Waals surface area contributed by atoms with Crippen molar-refractivity contribution in [2.45, 2.75) is 0 Å². The molecule has 2 heteroatoms. The van der Waals surface area contributed by atoms with Crippen molar-refractivity contribution in [3.8, 4) is 18.1 Å². The van der Waals surface area contributed by atoms with E-state index in [4.69, 9.17) is 11.5 Å². The third-order valence-electron chi connectivity index (χ3n) is 2.19. The molecule has 0 radical (unpaired) electrons. The maximum absolute atomic E-state index is 9.15. The number of phenols is 1. The molecule has 0 aliphatic carbocycles. The molecule has 2 rings (SSSR count). The van der Waals surface area contributed by atoms with Crippen LogP contribution in [-0.4, -0.2) is 5.11 Å². The molecular formula is C14H11NO. The second kappa shape index (κ2) is 4.41. The van der Waals surface area contributed by atoms with Gasteiger partial charge in [-0.15, -0.1) is 6.42 Å². The highest BCUT2D eigenvalue weighted by Crippen LogP contribution is 2.19. The minimum absolute atomic E-state index is 0.253. The summed E-state index contributed by atoms with van der Waals surface area (Å²) in [4.78, 5) is 0. The van der Waals surface area contributed by atoms with Crippen molar-refractivity contribution in [1.29, 1.82) is 0 Å². The van der Waals surface area contributed by atoms with Crippen molar-refractivity contribution >= 4 is 11.4 Å². The third-order valence-corrected chi connectivity index (χ3v) is 2.19. The van der Waals surface area contributed by atoms with Crippen molar-refractivity contribution in [2.75, 3.05) is 5.32 Å². The maximum Gasteiger partial charge on any atom is 0.115 e. The number of aromatic hydroxyl groups is 1. The first kappa shape index (κ1) is 10.1. The van der Waals surface area contributed by atoms with Crippen LogP contribution in [0.25, 0.3) is 0 Å². The fourth-order valence-electron chi connectivity index (χ4n) is 1.40. The number of anilines is 2. The zero-order valence-corrected chi connectivity index (χ0v) is 8.64. The predicted octanol–water partition coefficient (Wildman–Crippen LogP) is 3.12. The standard InChI is InChI=1S/C14H11NO/c1-2-11-4-3-5-13(10-11)15-12-6-8-14(16)9-7-12/h1,3-10,15-16H. The predicted molar refractivity (Wildman–Crippen MR) is 65.8 cm³/mol. The Morgan fingerprint density at radius 3 is 2.44 bits per heavy atom. The van der Waals surface area contributed by atoms with Gasteiger partial charge < -0.3 is 10.4 Å². The van der Waals surface area contributed by atoms with Gasteiger partial charge in [0.1, 0.15) is 5.75 Å². The summed E-state index contributed by atoms with van der Waals surface area (Å²) in [6.45, 7) is 0. The molecule has 2 N–H and O–H groups in total. The molecule has 0 aromatic heterocycles. The molecule has 0 saturated heterocycles. The summed E-state index contributed by atoms with van der Waals surface area (Å²) in [6, 6.07) is 14.5. The van der Waals surface area contributed by atoms with Gasteiger partial charge in [0, 0.05) is 16.9 Å². The second-order valence-electron chi connectivity index (χ2n) is 3.40. The van der Waals surface area contributed by atoms with Crippen molar-refractivity contribution in [3.05, 3.63) is 54.1 Å². The SMILES string of the molecule is C#Cc1cccc(Nc2ccc(O)cc2)c1. The number of phenolic OH excluding ortho intramolecular Hbond substituents is 1. The lowest BCUT2D eigenvalue weighted by Gasteiger charge is -2.06. The van der Waals surface area contributed by atoms with Gasteiger partial charge in [0.2, 0.25) is 0 Å². The Morgan fingerprint density at radius 1 is 1.00 bits per heavy atom. The van der Waals surface area contributed by atoms with Crippen LogP contribution in [0.1, 0.15) is 5.56 Å². The molecule has 0 fully saturated rings. The Bertz CT molecular complexity index is 523. The van der Waals surface area contributed by atoms with Gasteiger partial charge in [-0.25, -0.2) is 0 Å². The van der Waals surface area contributed by atoms with E-state index in [2.05, 4.69) is 11.2 Å². The minimum atomic E-state index is 0.253. The van der Waals surface area contributed by atoms with Gasteiger partial charge in [-0.1, -0.05) is 12.0 Å². The quantitative estimate of drug-likeness (QED) is 0.588. The van der Waals surface area contributed by atoms with Crippen LogP contribution in [0, 0.1) is 12.3 Å². The van der Waals surface area contributed by atoms with Crippen LogP contribution < -0.4 is 5.32 Å². The highest BCUT2D eigenvalue weighted by Gasteiger charge is 1.95. The molecule has 78 valence electrons. The van der Waals surface area contributed by atoms with Gasteiger partial charge in [0.25, 0.3) is 0 Å². The highest BCUT2D eigenvalue weighted by molar-refractivity contribution is 5.62. The van der Waals surface area contributed by atoms with E-state index in [-0.39, 0.29) is 5.75 Å². The molecular weight excluding hydrogens is 198 g/mol. The van der Waals surface area contributed by atoms with Crippen LogP contribution in [0.4, 0.5) is 11.4 Å². The van der Waals surface area contributed by atoms with Crippen molar-refractivity contribution in [2.24, 2.45) is 0 Å². The molecule has 0 atom stereocenters. The number of hydrogen-bond donors (Lipinski definition) is 2. The molecule has 2 aromatic rings. The minimum Gasteiger partial charge on any atom is -0.508 e. The molecule has 16 heavy (non-hydrogen) atoms. The van der Waals surface area contributed by atoms with E-state index in [0.717, 1.165) is 16.9 Å². The summed E-state index contributed by atoms with van der Waals surface area (Å²) in [7, 11) is 0. The average molecular weight is 209 g/mol. The van der Waals surface area contributed by atoms with E-state index in [1.165, 1.54) is 0 Å². The second-order valence-corrected chi connectivity index (χ2v) is 3.40. The fraction of sp³-hybridized carbons (Fsp3) is 0. The van der Waals surface area contributed by atoms with E-state index in [1.807, 2.05) is 24.3 Å². The summed E-state index contributed by atoms with van der Waals surface area (Å²) in [6.07, 6.45) is 5.32. The smallest absolute Gasteiger partial charge is 0.115 e. The van der Waals surface area contributed by atoms with E-state index >= 15 is 0 Å². The number of terminal acetylenes is 1. The van der Waals surface area contributed by atoms with E-state index < -0.39 is 0 Å². The van der Waals surface area contributed by atoms with Crippen LogP contribution in [0.5, 0.6) is 5.75 Å². The van der Waals surface area contributed by atoms with Crippen LogP contribution >= 0.6 is 0 Å². The van der Waals surface area contributed by atoms with Gasteiger partial charge in [-0.2, -0.15) is 0 Å². The van der Waals surface area contributed by atoms with Crippen molar-refractivity contribution < 1.29 is 5.11 Å². The molecule has 0 aliphatic rings. The van der Waals surface area contributed by atoms with Gasteiger partial charge in [0.15, 0.2) is 0 Å². The summed E-state index contributed by atoms with van der Waals surface area (Å²) in [5, 5.41) is 12.3. The monoisotopic (exact) mass is 209 g/mol. The van der Waals surface area contributed by atoms with E-state index in [9.17, 15) is 0 Å². The summed E-state index contributed by atoms with van der Waals surface area (Å²) in [5.74, 6) is 2.83. The highest BCUT2D eigenvalue weighted by atomic mass is 16.3. The molecule has 2 aromatic carbocycles. The molecule has 2 nitrogen and oxygen atoms in total. The maximum atomic E-state index is 9.15. The van der Waals surface area contributed by atoms with Gasteiger partial charge >= 0.3 is 0 Å². The molecule has 0 bridgehead atoms. The topological polar surface area (TPSA) is 32.3 Å². The molecule has 0 aliphatic heterocycles. The van der Waals surface area contributed by atoms with Crippen LogP contribution in [0.15, 0.2) is 48.5 Å². The van der Waals surface area contributed by atoms with Crippen LogP contribution in [0.2, 0.25) is 0 Å². The van der Waals surface area contributed by atoms with Crippen molar-refractivity contribution in [3.63, 3.8) is 0 Å². The number of rotatable bonds is 2.